The third kappa shape index (κ3) is 1.15. The van der Waals surface area contributed by atoms with Crippen molar-refractivity contribution >= 4 is 11.6 Å². The summed E-state index contributed by atoms with van der Waals surface area (Å²) in [6.45, 7) is 1.64. The first-order chi connectivity index (χ1) is 4.92. The van der Waals surface area contributed by atoms with Crippen molar-refractivity contribution in [2.24, 2.45) is 5.92 Å². The maximum absolute atomic E-state index is 12.8. The Bertz CT molecular complexity index is 186. The lowest BCUT2D eigenvalue weighted by Crippen LogP contribution is -2.57. The Balaban J connectivity index is 2.69. The van der Waals surface area contributed by atoms with E-state index in [9.17, 15) is 13.2 Å². The molecule has 1 aliphatic rings. The second-order valence-corrected chi connectivity index (χ2v) is 3.21. The van der Waals surface area contributed by atoms with Crippen LogP contribution < -0.4 is 0 Å². The molecule has 11 heavy (non-hydrogen) atoms. The van der Waals surface area contributed by atoms with E-state index in [0.717, 1.165) is 0 Å². The third-order valence-electron chi connectivity index (χ3n) is 1.85. The summed E-state index contributed by atoms with van der Waals surface area (Å²) in [5, 5.41) is -2.86. The Labute approximate surface area is 68.0 Å². The normalized spacial score (nSPS) is 42.5. The second kappa shape index (κ2) is 2.41. The molecular formula is C7H8ClF3. The maximum atomic E-state index is 12.8. The first-order valence-corrected chi connectivity index (χ1v) is 3.68. The first kappa shape index (κ1) is 8.91. The van der Waals surface area contributed by atoms with Crippen molar-refractivity contribution < 1.29 is 13.2 Å². The Morgan fingerprint density at radius 1 is 1.45 bits per heavy atom. The smallest absolute Gasteiger partial charge is 0.219 e. The summed E-state index contributed by atoms with van der Waals surface area (Å²) in [5.74, 6) is -4.21. The van der Waals surface area contributed by atoms with E-state index in [0.29, 0.717) is 0 Å². The molecule has 1 rings (SSSR count). The summed E-state index contributed by atoms with van der Waals surface area (Å²) < 4.78 is 37.5. The molecule has 2 atom stereocenters. The van der Waals surface area contributed by atoms with Crippen LogP contribution in [0.1, 0.15) is 13.3 Å². The van der Waals surface area contributed by atoms with Crippen LogP contribution in [-0.4, -0.2) is 11.1 Å². The van der Waals surface area contributed by atoms with Gasteiger partial charge in [0.2, 0.25) is 0 Å². The fourth-order valence-corrected chi connectivity index (χ4v) is 1.33. The minimum Gasteiger partial charge on any atom is -0.219 e. The van der Waals surface area contributed by atoms with Gasteiger partial charge in [-0.2, -0.15) is 0 Å². The number of allylic oxidation sites excluding steroid dienone is 2. The summed E-state index contributed by atoms with van der Waals surface area (Å²) >= 11 is 4.97. The van der Waals surface area contributed by atoms with Gasteiger partial charge in [-0.05, 0) is 6.92 Å². The summed E-state index contributed by atoms with van der Waals surface area (Å²) in [6.07, 6.45) is 2.40. The van der Waals surface area contributed by atoms with Gasteiger partial charge in [-0.3, -0.25) is 0 Å². The monoisotopic (exact) mass is 184 g/mol. The molecule has 0 saturated heterocycles. The van der Waals surface area contributed by atoms with Crippen molar-refractivity contribution in [3.8, 4) is 0 Å². The van der Waals surface area contributed by atoms with E-state index in [4.69, 9.17) is 11.6 Å². The highest BCUT2D eigenvalue weighted by Gasteiger charge is 2.68. The van der Waals surface area contributed by atoms with Gasteiger partial charge in [0.15, 0.2) is 0 Å². The van der Waals surface area contributed by atoms with Crippen LogP contribution in [0.4, 0.5) is 13.2 Å². The van der Waals surface area contributed by atoms with Crippen LogP contribution in [0.2, 0.25) is 0 Å². The summed E-state index contributed by atoms with van der Waals surface area (Å²) in [4.78, 5) is 0. The van der Waals surface area contributed by atoms with Gasteiger partial charge in [-0.25, -0.2) is 13.2 Å². The highest BCUT2D eigenvalue weighted by atomic mass is 35.5. The van der Waals surface area contributed by atoms with Crippen LogP contribution in [0.15, 0.2) is 12.2 Å². The molecule has 64 valence electrons. The maximum Gasteiger partial charge on any atom is 0.296 e. The first-order valence-electron chi connectivity index (χ1n) is 3.30. The standard InChI is InChI=1S/C7H8ClF3/c1-2-3-5-4-6(9,10)7(5,8)11/h2-3,5H,4H2,1H3. The zero-order chi connectivity index (χ0) is 8.70. The number of hydrogen-bond donors (Lipinski definition) is 0. The van der Waals surface area contributed by atoms with Gasteiger partial charge in [0.1, 0.15) is 0 Å². The molecule has 2 unspecified atom stereocenters. The molecule has 0 aromatic carbocycles. The van der Waals surface area contributed by atoms with E-state index in [1.54, 1.807) is 6.92 Å². The lowest BCUT2D eigenvalue weighted by Gasteiger charge is -2.44. The quantitative estimate of drug-likeness (QED) is 0.434. The molecule has 0 bridgehead atoms. The highest BCUT2D eigenvalue weighted by molar-refractivity contribution is 6.24. The Kier molecular flexibility index (Phi) is 1.95. The number of halogens is 4. The van der Waals surface area contributed by atoms with Crippen LogP contribution in [0.25, 0.3) is 0 Å². The van der Waals surface area contributed by atoms with E-state index in [1.807, 2.05) is 0 Å². The molecule has 0 amide bonds. The van der Waals surface area contributed by atoms with Gasteiger partial charge in [0, 0.05) is 12.3 Å². The van der Waals surface area contributed by atoms with Crippen LogP contribution in [0.3, 0.4) is 0 Å². The van der Waals surface area contributed by atoms with Crippen molar-refractivity contribution in [2.45, 2.75) is 24.4 Å². The SMILES string of the molecule is CC=CC1CC(F)(F)C1(F)Cl. The topological polar surface area (TPSA) is 0 Å². The number of rotatable bonds is 1. The van der Waals surface area contributed by atoms with Crippen molar-refractivity contribution in [3.05, 3.63) is 12.2 Å². The lowest BCUT2D eigenvalue weighted by atomic mass is 9.78. The highest BCUT2D eigenvalue weighted by Crippen LogP contribution is 2.57. The van der Waals surface area contributed by atoms with Crippen LogP contribution >= 0.6 is 11.6 Å². The van der Waals surface area contributed by atoms with Gasteiger partial charge < -0.3 is 0 Å². The zero-order valence-electron chi connectivity index (χ0n) is 5.95. The van der Waals surface area contributed by atoms with Crippen molar-refractivity contribution in [3.63, 3.8) is 0 Å². The van der Waals surface area contributed by atoms with Crippen LogP contribution in [0, 0.1) is 5.92 Å². The van der Waals surface area contributed by atoms with Gasteiger partial charge in [0.25, 0.3) is 11.1 Å². The van der Waals surface area contributed by atoms with Gasteiger partial charge in [-0.1, -0.05) is 23.8 Å². The minimum absolute atomic E-state index is 0.489. The molecule has 0 heterocycles. The van der Waals surface area contributed by atoms with E-state index in [-0.39, 0.29) is 0 Å². The van der Waals surface area contributed by atoms with Gasteiger partial charge >= 0.3 is 0 Å². The average Bonchev–Trinajstić information content (AvgIpc) is 1.87. The molecule has 0 nitrogen and oxygen atoms in total. The largest absolute Gasteiger partial charge is 0.296 e. The number of alkyl halides is 4. The van der Waals surface area contributed by atoms with Gasteiger partial charge in [-0.15, -0.1) is 0 Å². The van der Waals surface area contributed by atoms with E-state index in [2.05, 4.69) is 0 Å². The Morgan fingerprint density at radius 2 is 2.00 bits per heavy atom. The minimum atomic E-state index is -3.36. The third-order valence-corrected chi connectivity index (χ3v) is 2.41. The molecule has 4 heteroatoms. The molecule has 1 fully saturated rings. The molecule has 1 saturated carbocycles. The molecule has 0 spiro atoms. The summed E-state index contributed by atoms with van der Waals surface area (Å²) in [7, 11) is 0. The van der Waals surface area contributed by atoms with E-state index in [1.165, 1.54) is 12.2 Å². The Morgan fingerprint density at radius 3 is 2.27 bits per heavy atom. The average molecular weight is 185 g/mol. The second-order valence-electron chi connectivity index (χ2n) is 2.66. The van der Waals surface area contributed by atoms with Gasteiger partial charge in [0.05, 0.1) is 0 Å². The van der Waals surface area contributed by atoms with Crippen molar-refractivity contribution in [2.75, 3.05) is 0 Å². The number of hydrogen-bond acceptors (Lipinski definition) is 0. The predicted octanol–water partition coefficient (Wildman–Crippen LogP) is 3.12. The molecule has 0 N–H and O–H groups in total. The van der Waals surface area contributed by atoms with Crippen molar-refractivity contribution in [1.82, 2.24) is 0 Å². The van der Waals surface area contributed by atoms with Crippen molar-refractivity contribution in [1.29, 1.82) is 0 Å². The molecule has 0 aromatic heterocycles. The lowest BCUT2D eigenvalue weighted by molar-refractivity contribution is -0.193. The molecule has 0 aromatic rings. The summed E-state index contributed by atoms with van der Waals surface area (Å²) in [5.41, 5.74) is 0. The van der Waals surface area contributed by atoms with E-state index < -0.39 is 23.4 Å². The molecule has 1 aliphatic carbocycles. The predicted molar refractivity (Wildman–Crippen MR) is 37.6 cm³/mol. The fourth-order valence-electron chi connectivity index (χ4n) is 1.10. The van der Waals surface area contributed by atoms with Crippen LogP contribution in [-0.2, 0) is 0 Å². The van der Waals surface area contributed by atoms with Crippen LogP contribution in [0.5, 0.6) is 0 Å². The fraction of sp³-hybridized carbons (Fsp3) is 0.714. The summed E-state index contributed by atoms with van der Waals surface area (Å²) in [6, 6.07) is 0. The Hall–Kier alpha value is -0.180. The molecule has 0 radical (unpaired) electrons. The molecular weight excluding hydrogens is 177 g/mol. The zero-order valence-corrected chi connectivity index (χ0v) is 6.71. The van der Waals surface area contributed by atoms with E-state index >= 15 is 0 Å². The molecule has 0 aliphatic heterocycles.